The lowest BCUT2D eigenvalue weighted by atomic mass is 9.90. The van der Waals surface area contributed by atoms with Gasteiger partial charge in [0.2, 0.25) is 0 Å². The number of piperidine rings is 1. The minimum atomic E-state index is -1.13. The highest BCUT2D eigenvalue weighted by Gasteiger charge is 2.35. The summed E-state index contributed by atoms with van der Waals surface area (Å²) in [6, 6.07) is 1.99. The third-order valence-electron chi connectivity index (χ3n) is 5.54. The van der Waals surface area contributed by atoms with Crippen molar-refractivity contribution >= 4 is 23.4 Å². The van der Waals surface area contributed by atoms with Gasteiger partial charge in [0, 0.05) is 49.2 Å². The quantitative estimate of drug-likeness (QED) is 0.656. The van der Waals surface area contributed by atoms with Crippen LogP contribution in [0.25, 0.3) is 0 Å². The Hall–Kier alpha value is -2.72. The molecule has 3 rings (SSSR count). The third-order valence-corrected chi connectivity index (χ3v) is 6.83. The first-order chi connectivity index (χ1) is 15.5. The number of likely N-dealkylation sites (tertiary alicyclic amines) is 1. The van der Waals surface area contributed by atoms with E-state index in [1.54, 1.807) is 4.90 Å². The van der Waals surface area contributed by atoms with Crippen molar-refractivity contribution in [2.24, 2.45) is 5.92 Å². The fourth-order valence-corrected chi connectivity index (χ4v) is 5.31. The number of carbonyl (C=O) groups is 2. The molecule has 0 radical (unpaired) electrons. The predicted octanol–water partition coefficient (Wildman–Crippen LogP) is 3.08. The van der Waals surface area contributed by atoms with Crippen molar-refractivity contribution in [3.63, 3.8) is 0 Å². The van der Waals surface area contributed by atoms with E-state index < -0.39 is 23.7 Å². The molecule has 0 unspecified atom stereocenters. The summed E-state index contributed by atoms with van der Waals surface area (Å²) in [6.45, 7) is 8.18. The maximum atomic E-state index is 12.9. The fourth-order valence-electron chi connectivity index (χ4n) is 4.07. The first kappa shape index (κ1) is 24.9. The van der Waals surface area contributed by atoms with Gasteiger partial charge in [0.1, 0.15) is 10.6 Å². The number of carboxylic acid groups (broad SMARTS) is 1. The van der Waals surface area contributed by atoms with Gasteiger partial charge in [-0.15, -0.1) is 11.3 Å². The van der Waals surface area contributed by atoms with Crippen LogP contribution in [-0.4, -0.2) is 62.0 Å². The van der Waals surface area contributed by atoms with Gasteiger partial charge in [-0.2, -0.15) is 0 Å². The molecule has 33 heavy (non-hydrogen) atoms. The van der Waals surface area contributed by atoms with Gasteiger partial charge in [-0.1, -0.05) is 0 Å². The van der Waals surface area contributed by atoms with Crippen molar-refractivity contribution in [2.45, 2.75) is 58.6 Å². The third kappa shape index (κ3) is 6.00. The molecular formula is C23H31N3O6S. The second kappa shape index (κ2) is 10.0. The summed E-state index contributed by atoms with van der Waals surface area (Å²) in [5, 5.41) is 19.5. The zero-order valence-electron chi connectivity index (χ0n) is 19.4. The highest BCUT2D eigenvalue weighted by molar-refractivity contribution is 7.11. The van der Waals surface area contributed by atoms with Crippen LogP contribution in [0, 0.1) is 12.8 Å². The predicted molar refractivity (Wildman–Crippen MR) is 124 cm³/mol. The fraction of sp³-hybridized carbons (Fsp3) is 0.565. The molecule has 0 aromatic carbocycles. The van der Waals surface area contributed by atoms with Crippen molar-refractivity contribution in [2.75, 3.05) is 19.7 Å². The van der Waals surface area contributed by atoms with Gasteiger partial charge in [0.15, 0.2) is 0 Å². The number of aromatic nitrogens is 2. The van der Waals surface area contributed by atoms with Crippen LogP contribution in [0.2, 0.25) is 0 Å². The Morgan fingerprint density at radius 2 is 2.06 bits per heavy atom. The molecule has 1 aliphatic heterocycles. The maximum absolute atomic E-state index is 12.9. The lowest BCUT2D eigenvalue weighted by Gasteiger charge is -2.37. The number of aromatic carboxylic acids is 1. The van der Waals surface area contributed by atoms with Crippen LogP contribution in [0.1, 0.15) is 65.6 Å². The molecule has 2 aromatic heterocycles. The second-order valence-corrected chi connectivity index (χ2v) is 10.4. The number of aryl methyl sites for hydroxylation is 1. The van der Waals surface area contributed by atoms with Crippen LogP contribution >= 0.6 is 11.3 Å². The molecule has 0 aliphatic carbocycles. The molecule has 1 amide bonds. The SMILES string of the molecule is Cc1nc([C@@H]([C@@H]2CCCN(C(=O)OC(C)(C)C)C2)n2cc(C(=O)O)ccc2=O)sc1CCO. The van der Waals surface area contributed by atoms with E-state index in [9.17, 15) is 24.6 Å². The first-order valence-electron chi connectivity index (χ1n) is 11.0. The van der Waals surface area contributed by atoms with Crippen molar-refractivity contribution < 1.29 is 24.5 Å². The Morgan fingerprint density at radius 3 is 2.70 bits per heavy atom. The van der Waals surface area contributed by atoms with Crippen molar-refractivity contribution in [3.05, 3.63) is 49.8 Å². The number of carbonyl (C=O) groups excluding carboxylic acids is 1. The average Bonchev–Trinajstić information content (AvgIpc) is 3.08. The van der Waals surface area contributed by atoms with Crippen molar-refractivity contribution in [1.29, 1.82) is 0 Å². The van der Waals surface area contributed by atoms with Crippen LogP contribution in [-0.2, 0) is 11.2 Å². The number of carboxylic acids is 1. The van der Waals surface area contributed by atoms with E-state index in [0.717, 1.165) is 23.4 Å². The smallest absolute Gasteiger partial charge is 0.410 e. The minimum absolute atomic E-state index is 0.00303. The highest BCUT2D eigenvalue weighted by Crippen LogP contribution is 2.36. The second-order valence-electron chi connectivity index (χ2n) is 9.28. The molecule has 2 atom stereocenters. The van der Waals surface area contributed by atoms with E-state index >= 15 is 0 Å². The Morgan fingerprint density at radius 1 is 1.33 bits per heavy atom. The topological polar surface area (TPSA) is 122 Å². The lowest BCUT2D eigenvalue weighted by Crippen LogP contribution is -2.45. The summed E-state index contributed by atoms with van der Waals surface area (Å²) in [7, 11) is 0. The molecule has 1 aliphatic rings. The molecule has 1 fully saturated rings. The molecule has 0 spiro atoms. The van der Waals surface area contributed by atoms with Gasteiger partial charge in [-0.05, 0) is 46.6 Å². The largest absolute Gasteiger partial charge is 0.478 e. The Labute approximate surface area is 196 Å². The standard InChI is InChI=1S/C23H31N3O6S/c1-14-17(9-11-27)33-20(24-14)19(26-13-16(21(29)30)7-8-18(26)28)15-6-5-10-25(12-15)22(31)32-23(2,3)4/h7-8,13,15,19,27H,5-6,9-12H2,1-4H3,(H,29,30)/t15-,19-/m1/s1. The van der Waals surface area contributed by atoms with E-state index in [2.05, 4.69) is 0 Å². The molecule has 0 saturated carbocycles. The number of nitrogens with zero attached hydrogens (tertiary/aromatic N) is 3. The van der Waals surface area contributed by atoms with Crippen LogP contribution in [0.5, 0.6) is 0 Å². The Balaban J connectivity index is 2.03. The maximum Gasteiger partial charge on any atom is 0.410 e. The molecule has 9 nitrogen and oxygen atoms in total. The van der Waals surface area contributed by atoms with Gasteiger partial charge in [0.25, 0.3) is 5.56 Å². The molecule has 1 saturated heterocycles. The Bertz CT molecular complexity index is 1070. The van der Waals surface area contributed by atoms with Gasteiger partial charge in [-0.3, -0.25) is 4.79 Å². The highest BCUT2D eigenvalue weighted by atomic mass is 32.1. The average molecular weight is 478 g/mol. The van der Waals surface area contributed by atoms with E-state index in [-0.39, 0.29) is 23.6 Å². The number of hydrogen-bond acceptors (Lipinski definition) is 7. The first-order valence-corrected chi connectivity index (χ1v) is 11.8. The number of thiazole rings is 1. The van der Waals surface area contributed by atoms with Crippen LogP contribution in [0.15, 0.2) is 23.1 Å². The minimum Gasteiger partial charge on any atom is -0.478 e. The molecule has 180 valence electrons. The number of hydrogen-bond donors (Lipinski definition) is 2. The summed E-state index contributed by atoms with van der Waals surface area (Å²) in [5.74, 6) is -1.29. The number of amides is 1. The molecule has 10 heteroatoms. The summed E-state index contributed by atoms with van der Waals surface area (Å²) in [4.78, 5) is 44.4. The summed E-state index contributed by atoms with van der Waals surface area (Å²) in [6.07, 6.45) is 2.86. The molecule has 2 N–H and O–H groups in total. The lowest BCUT2D eigenvalue weighted by molar-refractivity contribution is 0.0143. The van der Waals surface area contributed by atoms with Crippen LogP contribution < -0.4 is 5.56 Å². The molecule has 2 aromatic rings. The molecule has 3 heterocycles. The summed E-state index contributed by atoms with van der Waals surface area (Å²) in [5.41, 5.74) is -0.183. The van der Waals surface area contributed by atoms with Crippen molar-refractivity contribution in [3.8, 4) is 0 Å². The molecule has 0 bridgehead atoms. The van der Waals surface area contributed by atoms with E-state index in [0.29, 0.717) is 24.5 Å². The van der Waals surface area contributed by atoms with E-state index in [4.69, 9.17) is 9.72 Å². The number of pyridine rings is 1. The number of aliphatic hydroxyl groups is 1. The van der Waals surface area contributed by atoms with Crippen molar-refractivity contribution in [1.82, 2.24) is 14.5 Å². The molecular weight excluding hydrogens is 446 g/mol. The summed E-state index contributed by atoms with van der Waals surface area (Å²) < 4.78 is 6.97. The number of ether oxygens (including phenoxy) is 1. The zero-order chi connectivity index (χ0) is 24.3. The van der Waals surface area contributed by atoms with Crippen LogP contribution in [0.4, 0.5) is 4.79 Å². The van der Waals surface area contributed by atoms with Gasteiger partial charge in [-0.25, -0.2) is 14.6 Å². The summed E-state index contributed by atoms with van der Waals surface area (Å²) >= 11 is 1.41. The van der Waals surface area contributed by atoms with Crippen LogP contribution in [0.3, 0.4) is 0 Å². The van der Waals surface area contributed by atoms with E-state index in [1.807, 2.05) is 27.7 Å². The Kier molecular flexibility index (Phi) is 7.58. The van der Waals surface area contributed by atoms with Gasteiger partial charge in [0.05, 0.1) is 17.3 Å². The number of aliphatic hydroxyl groups excluding tert-OH is 1. The van der Waals surface area contributed by atoms with Gasteiger partial charge < -0.3 is 24.4 Å². The monoisotopic (exact) mass is 477 g/mol. The zero-order valence-corrected chi connectivity index (χ0v) is 20.2. The van der Waals surface area contributed by atoms with Gasteiger partial charge >= 0.3 is 12.1 Å². The van der Waals surface area contributed by atoms with E-state index in [1.165, 1.54) is 34.2 Å². The number of rotatable bonds is 6. The normalized spacial score (nSPS) is 17.6.